The van der Waals surface area contributed by atoms with Gasteiger partial charge in [-0.15, -0.1) is 0 Å². The van der Waals surface area contributed by atoms with Crippen molar-refractivity contribution in [3.63, 3.8) is 0 Å². The lowest BCUT2D eigenvalue weighted by Gasteiger charge is -1.99. The van der Waals surface area contributed by atoms with Crippen LogP contribution in [0.5, 0.6) is 0 Å². The van der Waals surface area contributed by atoms with Crippen LogP contribution in [0.1, 0.15) is 31.5 Å². The second kappa shape index (κ2) is 4.76. The fourth-order valence-corrected chi connectivity index (χ4v) is 2.32. The summed E-state index contributed by atoms with van der Waals surface area (Å²) in [5.74, 6) is -0.774. The molecule has 4 nitrogen and oxygen atoms in total. The predicted octanol–water partition coefficient (Wildman–Crippen LogP) is 3.73. The molecular formula is C13H15FN2O2. The minimum atomic E-state index is -0.774. The smallest absolute Gasteiger partial charge is 0.306 e. The first kappa shape index (κ1) is 12.5. The number of hydrogen-bond donors (Lipinski definition) is 1. The van der Waals surface area contributed by atoms with Crippen LogP contribution in [0.4, 0.5) is 10.1 Å². The summed E-state index contributed by atoms with van der Waals surface area (Å²) < 4.78 is 13.6. The number of fused-ring (bicyclic) bond motifs is 1. The molecule has 1 heterocycles. The first-order chi connectivity index (χ1) is 8.58. The van der Waals surface area contributed by atoms with E-state index < -0.39 is 16.4 Å². The number of aromatic amines is 1. The minimum Gasteiger partial charge on any atom is -0.358 e. The van der Waals surface area contributed by atoms with Crippen LogP contribution in [0.2, 0.25) is 0 Å². The molecule has 0 fully saturated rings. The number of benzene rings is 1. The van der Waals surface area contributed by atoms with Crippen molar-refractivity contribution in [2.24, 2.45) is 0 Å². The van der Waals surface area contributed by atoms with Crippen molar-refractivity contribution in [2.75, 3.05) is 0 Å². The minimum absolute atomic E-state index is 0.477. The second-order valence-corrected chi connectivity index (χ2v) is 4.29. The Morgan fingerprint density at radius 2 is 2.11 bits per heavy atom. The van der Waals surface area contributed by atoms with Gasteiger partial charge in [0.2, 0.25) is 5.82 Å². The Hall–Kier alpha value is -1.91. The SMILES string of the molecule is CCCc1[nH]c2cc([N+](=O)[O-])c(F)cc2c1CC. The zero-order chi connectivity index (χ0) is 13.3. The van der Waals surface area contributed by atoms with E-state index in [-0.39, 0.29) is 0 Å². The number of hydrogen-bond acceptors (Lipinski definition) is 2. The van der Waals surface area contributed by atoms with Crippen LogP contribution in [0, 0.1) is 15.9 Å². The Morgan fingerprint density at radius 3 is 2.67 bits per heavy atom. The van der Waals surface area contributed by atoms with Crippen LogP contribution in [0.3, 0.4) is 0 Å². The highest BCUT2D eigenvalue weighted by atomic mass is 19.1. The lowest BCUT2D eigenvalue weighted by atomic mass is 10.1. The predicted molar refractivity (Wildman–Crippen MR) is 68.3 cm³/mol. The third-order valence-electron chi connectivity index (χ3n) is 3.11. The van der Waals surface area contributed by atoms with E-state index in [1.54, 1.807) is 0 Å². The summed E-state index contributed by atoms with van der Waals surface area (Å²) in [5.41, 5.74) is 2.27. The maximum absolute atomic E-state index is 13.6. The molecule has 0 unspecified atom stereocenters. The van der Waals surface area contributed by atoms with Gasteiger partial charge in [0.15, 0.2) is 0 Å². The molecule has 0 aliphatic rings. The summed E-state index contributed by atoms with van der Waals surface area (Å²) in [6.45, 7) is 4.06. The number of halogens is 1. The molecule has 2 aromatic rings. The largest absolute Gasteiger partial charge is 0.358 e. The van der Waals surface area contributed by atoms with Gasteiger partial charge in [-0.05, 0) is 24.5 Å². The normalized spacial score (nSPS) is 11.1. The van der Waals surface area contributed by atoms with Gasteiger partial charge in [0.25, 0.3) is 0 Å². The van der Waals surface area contributed by atoms with E-state index >= 15 is 0 Å². The summed E-state index contributed by atoms with van der Waals surface area (Å²) >= 11 is 0. The highest BCUT2D eigenvalue weighted by molar-refractivity contribution is 5.86. The highest BCUT2D eigenvalue weighted by Gasteiger charge is 2.18. The maximum atomic E-state index is 13.6. The molecule has 0 radical (unpaired) electrons. The number of nitro groups is 1. The van der Waals surface area contributed by atoms with Gasteiger partial charge in [-0.25, -0.2) is 0 Å². The number of nitrogens with zero attached hydrogens (tertiary/aromatic N) is 1. The Balaban J connectivity index is 2.68. The number of rotatable bonds is 4. The number of H-pyrrole nitrogens is 1. The van der Waals surface area contributed by atoms with Crippen molar-refractivity contribution in [2.45, 2.75) is 33.1 Å². The molecule has 0 bridgehead atoms. The van der Waals surface area contributed by atoms with Crippen LogP contribution in [-0.2, 0) is 12.8 Å². The van der Waals surface area contributed by atoms with Gasteiger partial charge in [0.05, 0.1) is 10.4 Å². The molecule has 0 atom stereocenters. The number of nitro benzene ring substituents is 1. The van der Waals surface area contributed by atoms with Crippen molar-refractivity contribution in [1.29, 1.82) is 0 Å². The number of aryl methyl sites for hydroxylation is 2. The van der Waals surface area contributed by atoms with E-state index in [4.69, 9.17) is 0 Å². The summed E-state index contributed by atoms with van der Waals surface area (Å²) in [6, 6.07) is 2.55. The Kier molecular flexibility index (Phi) is 3.32. The van der Waals surface area contributed by atoms with Crippen molar-refractivity contribution in [3.8, 4) is 0 Å². The fraction of sp³-hybridized carbons (Fsp3) is 0.385. The fourth-order valence-electron chi connectivity index (χ4n) is 2.32. The van der Waals surface area contributed by atoms with E-state index in [1.165, 1.54) is 12.1 Å². The molecule has 0 aliphatic carbocycles. The lowest BCUT2D eigenvalue weighted by molar-refractivity contribution is -0.387. The van der Waals surface area contributed by atoms with Gasteiger partial charge in [0.1, 0.15) is 0 Å². The van der Waals surface area contributed by atoms with Crippen molar-refractivity contribution < 1.29 is 9.31 Å². The molecule has 1 aromatic carbocycles. The third-order valence-corrected chi connectivity index (χ3v) is 3.11. The molecule has 0 amide bonds. The second-order valence-electron chi connectivity index (χ2n) is 4.29. The van der Waals surface area contributed by atoms with E-state index in [2.05, 4.69) is 11.9 Å². The van der Waals surface area contributed by atoms with Gasteiger partial charge in [-0.3, -0.25) is 10.1 Å². The molecule has 0 spiro atoms. The van der Waals surface area contributed by atoms with E-state index in [1.807, 2.05) is 6.92 Å². The van der Waals surface area contributed by atoms with Crippen molar-refractivity contribution in [3.05, 3.63) is 39.3 Å². The molecule has 5 heteroatoms. The molecule has 18 heavy (non-hydrogen) atoms. The summed E-state index contributed by atoms with van der Waals surface area (Å²) in [7, 11) is 0. The first-order valence-corrected chi connectivity index (χ1v) is 6.05. The van der Waals surface area contributed by atoms with Crippen LogP contribution < -0.4 is 0 Å². The molecule has 0 saturated heterocycles. The molecule has 1 N–H and O–H groups in total. The van der Waals surface area contributed by atoms with E-state index in [9.17, 15) is 14.5 Å². The average Bonchev–Trinajstić information content (AvgIpc) is 2.64. The molecular weight excluding hydrogens is 235 g/mol. The first-order valence-electron chi connectivity index (χ1n) is 6.05. The quantitative estimate of drug-likeness (QED) is 0.664. The van der Waals surface area contributed by atoms with Gasteiger partial charge in [0, 0.05) is 17.1 Å². The summed E-state index contributed by atoms with van der Waals surface area (Å²) in [6.07, 6.45) is 2.63. The van der Waals surface area contributed by atoms with Crippen LogP contribution in [0.25, 0.3) is 10.9 Å². The Bertz CT molecular complexity index is 605. The standard InChI is InChI=1S/C13H15FN2O2/c1-3-5-11-8(4-2)9-6-10(14)13(16(17)18)7-12(9)15-11/h6-7,15H,3-5H2,1-2H3. The van der Waals surface area contributed by atoms with Crippen molar-refractivity contribution >= 4 is 16.6 Å². The van der Waals surface area contributed by atoms with Crippen LogP contribution >= 0.6 is 0 Å². The average molecular weight is 250 g/mol. The maximum Gasteiger partial charge on any atom is 0.306 e. The van der Waals surface area contributed by atoms with Crippen molar-refractivity contribution in [1.82, 2.24) is 4.98 Å². The highest BCUT2D eigenvalue weighted by Crippen LogP contribution is 2.29. The zero-order valence-corrected chi connectivity index (χ0v) is 10.4. The van der Waals surface area contributed by atoms with Gasteiger partial charge in [-0.1, -0.05) is 20.3 Å². The Labute approximate surface area is 104 Å². The van der Waals surface area contributed by atoms with E-state index in [0.29, 0.717) is 5.52 Å². The topological polar surface area (TPSA) is 58.9 Å². The monoisotopic (exact) mass is 250 g/mol. The number of nitrogens with one attached hydrogen (secondary N) is 1. The van der Waals surface area contributed by atoms with E-state index in [0.717, 1.165) is 35.9 Å². The van der Waals surface area contributed by atoms with Gasteiger partial charge < -0.3 is 4.98 Å². The molecule has 2 rings (SSSR count). The van der Waals surface area contributed by atoms with Gasteiger partial charge >= 0.3 is 5.69 Å². The molecule has 0 saturated carbocycles. The lowest BCUT2D eigenvalue weighted by Crippen LogP contribution is -1.92. The molecule has 0 aliphatic heterocycles. The summed E-state index contributed by atoms with van der Waals surface area (Å²) in [4.78, 5) is 13.2. The zero-order valence-electron chi connectivity index (χ0n) is 10.4. The van der Waals surface area contributed by atoms with Crippen LogP contribution in [-0.4, -0.2) is 9.91 Å². The Morgan fingerprint density at radius 1 is 1.39 bits per heavy atom. The molecule has 1 aromatic heterocycles. The summed E-state index contributed by atoms with van der Waals surface area (Å²) in [5, 5.41) is 11.5. The number of aromatic nitrogens is 1. The third kappa shape index (κ3) is 1.96. The molecule has 96 valence electrons. The van der Waals surface area contributed by atoms with Crippen LogP contribution in [0.15, 0.2) is 12.1 Å². The van der Waals surface area contributed by atoms with Gasteiger partial charge in [-0.2, -0.15) is 4.39 Å².